The maximum atomic E-state index is 11.2. The van der Waals surface area contributed by atoms with Crippen LogP contribution >= 0.6 is 11.3 Å². The molecule has 0 spiro atoms. The Balaban J connectivity index is 2.70. The molecule has 0 radical (unpaired) electrons. The minimum atomic E-state index is -1.02. The molecule has 106 valence electrons. The number of rotatable bonds is 8. The molecule has 19 heavy (non-hydrogen) atoms. The van der Waals surface area contributed by atoms with Crippen molar-refractivity contribution in [2.24, 2.45) is 5.92 Å². The van der Waals surface area contributed by atoms with Gasteiger partial charge in [-0.25, -0.2) is 0 Å². The molecular weight excluding hydrogens is 266 g/mol. The summed E-state index contributed by atoms with van der Waals surface area (Å²) in [5.74, 6) is -1.85. The average Bonchev–Trinajstić information content (AvgIpc) is 2.78. The fourth-order valence-electron chi connectivity index (χ4n) is 1.80. The fourth-order valence-corrected chi connectivity index (χ4v) is 2.55. The van der Waals surface area contributed by atoms with Gasteiger partial charge in [-0.15, -0.1) is 11.3 Å². The Bertz CT molecular complexity index is 416. The van der Waals surface area contributed by atoms with Gasteiger partial charge in [-0.05, 0) is 23.8 Å². The number of thiophene rings is 1. The minimum absolute atomic E-state index is 0.185. The second-order valence-electron chi connectivity index (χ2n) is 4.86. The Kier molecular flexibility index (Phi) is 5.98. The highest BCUT2D eigenvalue weighted by Crippen LogP contribution is 2.13. The van der Waals surface area contributed by atoms with Crippen molar-refractivity contribution in [1.29, 1.82) is 0 Å². The number of hydrogen-bond acceptors (Lipinski definition) is 4. The molecule has 0 aliphatic heterocycles. The van der Waals surface area contributed by atoms with Crippen LogP contribution in [0.4, 0.5) is 0 Å². The largest absolute Gasteiger partial charge is 0.480 e. The molecule has 1 heterocycles. The first-order valence-corrected chi connectivity index (χ1v) is 7.02. The zero-order valence-electron chi connectivity index (χ0n) is 11.0. The van der Waals surface area contributed by atoms with E-state index < -0.39 is 24.0 Å². The van der Waals surface area contributed by atoms with Gasteiger partial charge >= 0.3 is 11.9 Å². The van der Waals surface area contributed by atoms with Gasteiger partial charge in [0.2, 0.25) is 0 Å². The van der Waals surface area contributed by atoms with Crippen molar-refractivity contribution < 1.29 is 19.8 Å². The number of carboxylic acids is 2. The third-order valence-corrected chi connectivity index (χ3v) is 3.59. The van der Waals surface area contributed by atoms with Crippen LogP contribution in [0.5, 0.6) is 0 Å². The van der Waals surface area contributed by atoms with Crippen molar-refractivity contribution in [3.63, 3.8) is 0 Å². The zero-order valence-corrected chi connectivity index (χ0v) is 11.8. The van der Waals surface area contributed by atoms with Crippen LogP contribution in [-0.4, -0.2) is 34.2 Å². The van der Waals surface area contributed by atoms with Crippen LogP contribution in [0.2, 0.25) is 0 Å². The van der Waals surface area contributed by atoms with Crippen LogP contribution in [0.1, 0.15) is 25.1 Å². The van der Waals surface area contributed by atoms with Gasteiger partial charge in [-0.2, -0.15) is 0 Å². The van der Waals surface area contributed by atoms with Gasteiger partial charge in [0.1, 0.15) is 12.1 Å². The van der Waals surface area contributed by atoms with Crippen LogP contribution in [0.15, 0.2) is 17.5 Å². The van der Waals surface area contributed by atoms with Gasteiger partial charge in [0.25, 0.3) is 0 Å². The van der Waals surface area contributed by atoms with Crippen molar-refractivity contribution in [3.8, 4) is 0 Å². The first kappa shape index (κ1) is 15.7. The van der Waals surface area contributed by atoms with E-state index in [2.05, 4.69) is 5.32 Å². The highest BCUT2D eigenvalue weighted by molar-refractivity contribution is 7.09. The molecule has 0 aliphatic carbocycles. The maximum Gasteiger partial charge on any atom is 0.321 e. The van der Waals surface area contributed by atoms with E-state index in [1.807, 2.05) is 31.4 Å². The van der Waals surface area contributed by atoms with Crippen molar-refractivity contribution >= 4 is 23.3 Å². The third-order valence-electron chi connectivity index (χ3n) is 2.69. The van der Waals surface area contributed by atoms with Crippen LogP contribution in [0.3, 0.4) is 0 Å². The molecular formula is C13H19NO4S. The first-order valence-electron chi connectivity index (χ1n) is 6.14. The molecule has 5 nitrogen and oxygen atoms in total. The van der Waals surface area contributed by atoms with Gasteiger partial charge in [0.15, 0.2) is 0 Å². The zero-order chi connectivity index (χ0) is 14.4. The van der Waals surface area contributed by atoms with E-state index in [4.69, 9.17) is 5.11 Å². The Labute approximate surface area is 116 Å². The van der Waals surface area contributed by atoms with E-state index in [9.17, 15) is 14.7 Å². The monoisotopic (exact) mass is 285 g/mol. The molecule has 3 N–H and O–H groups in total. The third kappa shape index (κ3) is 5.40. The first-order chi connectivity index (χ1) is 8.90. The predicted molar refractivity (Wildman–Crippen MR) is 73.5 cm³/mol. The topological polar surface area (TPSA) is 86.6 Å². The van der Waals surface area contributed by atoms with E-state index in [0.29, 0.717) is 12.8 Å². The molecule has 1 rings (SSSR count). The summed E-state index contributed by atoms with van der Waals surface area (Å²) in [6.45, 7) is 3.82. The normalized spacial score (nSPS) is 14.3. The number of carbonyl (C=O) groups is 2. The molecule has 0 aromatic carbocycles. The Morgan fingerprint density at radius 1 is 1.26 bits per heavy atom. The molecule has 0 amide bonds. The van der Waals surface area contributed by atoms with Crippen LogP contribution < -0.4 is 5.32 Å². The number of nitrogens with one attached hydrogen (secondary N) is 1. The van der Waals surface area contributed by atoms with E-state index >= 15 is 0 Å². The Morgan fingerprint density at radius 2 is 1.89 bits per heavy atom. The van der Waals surface area contributed by atoms with Gasteiger partial charge < -0.3 is 10.2 Å². The smallest absolute Gasteiger partial charge is 0.321 e. The van der Waals surface area contributed by atoms with Crippen LogP contribution in [0, 0.1) is 5.92 Å². The van der Waals surface area contributed by atoms with Crippen molar-refractivity contribution in [2.75, 3.05) is 0 Å². The standard InChI is InChI=1S/C13H19NO4S/c1-8(2)6-10(12(15)16)14-11(13(17)18)7-9-4-3-5-19-9/h3-5,8,10-11,14H,6-7H2,1-2H3,(H,15,16)(H,17,18). The summed E-state index contributed by atoms with van der Waals surface area (Å²) in [5, 5.41) is 22.9. The van der Waals surface area contributed by atoms with E-state index in [1.165, 1.54) is 11.3 Å². The Hall–Kier alpha value is -1.40. The summed E-state index contributed by atoms with van der Waals surface area (Å²) in [6, 6.07) is 1.99. The lowest BCUT2D eigenvalue weighted by Gasteiger charge is -2.21. The molecule has 0 fully saturated rings. The van der Waals surface area contributed by atoms with Gasteiger partial charge in [-0.1, -0.05) is 19.9 Å². The summed E-state index contributed by atoms with van der Waals surface area (Å²) in [7, 11) is 0. The number of carboxylic acid groups (broad SMARTS) is 2. The molecule has 0 saturated carbocycles. The SMILES string of the molecule is CC(C)CC(NC(Cc1cccs1)C(=O)O)C(=O)O. The maximum absolute atomic E-state index is 11.2. The second kappa shape index (κ2) is 7.25. The van der Waals surface area contributed by atoms with Gasteiger partial charge in [0.05, 0.1) is 0 Å². The summed E-state index contributed by atoms with van der Waals surface area (Å²) in [4.78, 5) is 23.3. The van der Waals surface area contributed by atoms with Crippen molar-refractivity contribution in [3.05, 3.63) is 22.4 Å². The molecule has 0 aliphatic rings. The lowest BCUT2D eigenvalue weighted by molar-refractivity contribution is -0.142. The molecule has 2 unspecified atom stereocenters. The van der Waals surface area contributed by atoms with Crippen molar-refractivity contribution in [2.45, 2.75) is 38.8 Å². The summed E-state index contributed by atoms with van der Waals surface area (Å²) >= 11 is 1.47. The average molecular weight is 285 g/mol. The summed E-state index contributed by atoms with van der Waals surface area (Å²) in [6.07, 6.45) is 0.707. The molecule has 1 aromatic heterocycles. The number of hydrogen-bond donors (Lipinski definition) is 3. The highest BCUT2D eigenvalue weighted by Gasteiger charge is 2.26. The van der Waals surface area contributed by atoms with Gasteiger partial charge in [0, 0.05) is 11.3 Å². The lowest BCUT2D eigenvalue weighted by Crippen LogP contribution is -2.48. The highest BCUT2D eigenvalue weighted by atomic mass is 32.1. The van der Waals surface area contributed by atoms with E-state index in [0.717, 1.165) is 4.88 Å². The fraction of sp³-hybridized carbons (Fsp3) is 0.538. The minimum Gasteiger partial charge on any atom is -0.480 e. The van der Waals surface area contributed by atoms with Gasteiger partial charge in [-0.3, -0.25) is 14.9 Å². The second-order valence-corrected chi connectivity index (χ2v) is 5.89. The Morgan fingerprint density at radius 3 is 2.32 bits per heavy atom. The molecule has 6 heteroatoms. The lowest BCUT2D eigenvalue weighted by atomic mass is 10.0. The molecule has 0 saturated heterocycles. The van der Waals surface area contributed by atoms with Crippen LogP contribution in [-0.2, 0) is 16.0 Å². The molecule has 2 atom stereocenters. The number of aliphatic carboxylic acids is 2. The summed E-state index contributed by atoms with van der Waals surface area (Å²) in [5.41, 5.74) is 0. The molecule has 0 bridgehead atoms. The van der Waals surface area contributed by atoms with Crippen molar-refractivity contribution in [1.82, 2.24) is 5.32 Å². The predicted octanol–water partition coefficient (Wildman–Crippen LogP) is 1.83. The van der Waals surface area contributed by atoms with Crippen LogP contribution in [0.25, 0.3) is 0 Å². The quantitative estimate of drug-likeness (QED) is 0.678. The van der Waals surface area contributed by atoms with E-state index in [1.54, 1.807) is 0 Å². The van der Waals surface area contributed by atoms with E-state index in [-0.39, 0.29) is 5.92 Å². The summed E-state index contributed by atoms with van der Waals surface area (Å²) < 4.78 is 0. The molecule has 1 aromatic rings.